The first-order valence-corrected chi connectivity index (χ1v) is 4.94. The van der Waals surface area contributed by atoms with Crippen LogP contribution in [0, 0.1) is 0 Å². The van der Waals surface area contributed by atoms with Gasteiger partial charge in [0.25, 0.3) is 6.43 Å². The van der Waals surface area contributed by atoms with Crippen LogP contribution in [0.1, 0.15) is 37.0 Å². The number of ketones is 1. The molecule has 0 bridgehead atoms. The zero-order valence-electron chi connectivity index (χ0n) is 8.89. The summed E-state index contributed by atoms with van der Waals surface area (Å²) < 4.78 is 25.3. The fourth-order valence-electron chi connectivity index (χ4n) is 1.57. The van der Waals surface area contributed by atoms with Crippen LogP contribution in [-0.4, -0.2) is 5.78 Å². The number of benzene rings is 1. The highest BCUT2D eigenvalue weighted by Crippen LogP contribution is 2.24. The number of halogens is 2. The van der Waals surface area contributed by atoms with Crippen molar-refractivity contribution in [2.45, 2.75) is 33.1 Å². The van der Waals surface area contributed by atoms with E-state index in [1.54, 1.807) is 12.1 Å². The normalized spacial score (nSPS) is 10.7. The largest absolute Gasteiger partial charge is 0.300 e. The summed E-state index contributed by atoms with van der Waals surface area (Å²) in [5.41, 5.74) is 1.36. The predicted molar refractivity (Wildman–Crippen MR) is 55.2 cm³/mol. The molecule has 1 aromatic carbocycles. The highest BCUT2D eigenvalue weighted by Gasteiger charge is 2.12. The van der Waals surface area contributed by atoms with E-state index in [2.05, 4.69) is 0 Å². The van der Waals surface area contributed by atoms with Crippen molar-refractivity contribution in [2.24, 2.45) is 0 Å². The van der Waals surface area contributed by atoms with Gasteiger partial charge in [-0.3, -0.25) is 4.79 Å². The maximum absolute atomic E-state index is 12.6. The van der Waals surface area contributed by atoms with Crippen LogP contribution in [0.3, 0.4) is 0 Å². The average molecular weight is 212 g/mol. The Morgan fingerprint density at radius 1 is 1.40 bits per heavy atom. The Morgan fingerprint density at radius 2 is 2.07 bits per heavy atom. The molecule has 0 radical (unpaired) electrons. The van der Waals surface area contributed by atoms with E-state index >= 15 is 0 Å². The van der Waals surface area contributed by atoms with Gasteiger partial charge in [0.2, 0.25) is 0 Å². The molecule has 0 amide bonds. The number of carbonyl (C=O) groups is 1. The van der Waals surface area contributed by atoms with Crippen molar-refractivity contribution in [1.29, 1.82) is 0 Å². The van der Waals surface area contributed by atoms with E-state index in [1.807, 2.05) is 6.92 Å². The topological polar surface area (TPSA) is 17.1 Å². The molecule has 0 atom stereocenters. The van der Waals surface area contributed by atoms with Gasteiger partial charge in [0, 0.05) is 12.0 Å². The van der Waals surface area contributed by atoms with Crippen molar-refractivity contribution in [3.05, 3.63) is 34.9 Å². The van der Waals surface area contributed by atoms with E-state index < -0.39 is 6.43 Å². The lowest BCUT2D eigenvalue weighted by Crippen LogP contribution is -2.00. The molecule has 0 heterocycles. The van der Waals surface area contributed by atoms with Crippen molar-refractivity contribution in [1.82, 2.24) is 0 Å². The van der Waals surface area contributed by atoms with Gasteiger partial charge in [-0.15, -0.1) is 0 Å². The van der Waals surface area contributed by atoms with E-state index in [1.165, 1.54) is 13.0 Å². The summed E-state index contributed by atoms with van der Waals surface area (Å²) in [5.74, 6) is -0.0144. The standard InChI is InChI=1S/C12H14F2O/c1-3-10-5-4-9(6-8(2)15)7-11(10)12(13)14/h4-5,7,12H,3,6H2,1-2H3. The lowest BCUT2D eigenvalue weighted by molar-refractivity contribution is -0.116. The Hall–Kier alpha value is -1.25. The quantitative estimate of drug-likeness (QED) is 0.748. The molecule has 0 N–H and O–H groups in total. The van der Waals surface area contributed by atoms with E-state index in [-0.39, 0.29) is 17.8 Å². The molecule has 1 rings (SSSR count). The molecule has 15 heavy (non-hydrogen) atoms. The van der Waals surface area contributed by atoms with Crippen LogP contribution in [0.25, 0.3) is 0 Å². The molecule has 0 spiro atoms. The van der Waals surface area contributed by atoms with Crippen molar-refractivity contribution in [3.8, 4) is 0 Å². The summed E-state index contributed by atoms with van der Waals surface area (Å²) in [6.45, 7) is 3.29. The second-order valence-electron chi connectivity index (χ2n) is 3.57. The third kappa shape index (κ3) is 3.11. The number of alkyl halides is 2. The van der Waals surface area contributed by atoms with Crippen LogP contribution in [-0.2, 0) is 17.6 Å². The Balaban J connectivity index is 3.04. The van der Waals surface area contributed by atoms with Crippen molar-refractivity contribution >= 4 is 5.78 Å². The summed E-state index contributed by atoms with van der Waals surface area (Å²) in [4.78, 5) is 10.9. The molecule has 1 nitrogen and oxygen atoms in total. The van der Waals surface area contributed by atoms with E-state index in [0.29, 0.717) is 17.5 Å². The lowest BCUT2D eigenvalue weighted by atomic mass is 10.00. The summed E-state index contributed by atoms with van der Waals surface area (Å²) in [6.07, 6.45) is -1.66. The summed E-state index contributed by atoms with van der Waals surface area (Å²) in [6, 6.07) is 4.86. The Morgan fingerprint density at radius 3 is 2.53 bits per heavy atom. The zero-order chi connectivity index (χ0) is 11.4. The minimum Gasteiger partial charge on any atom is -0.300 e. The second kappa shape index (κ2) is 5.01. The Kier molecular flexibility index (Phi) is 3.95. The molecule has 3 heteroatoms. The molecule has 0 saturated carbocycles. The molecule has 0 fully saturated rings. The van der Waals surface area contributed by atoms with E-state index in [9.17, 15) is 13.6 Å². The number of Topliss-reactive ketones (excluding diaryl/α,β-unsaturated/α-hetero) is 1. The summed E-state index contributed by atoms with van der Waals surface area (Å²) in [5, 5.41) is 0. The molecule has 0 unspecified atom stereocenters. The van der Waals surface area contributed by atoms with Gasteiger partial charge >= 0.3 is 0 Å². The SMILES string of the molecule is CCc1ccc(CC(C)=O)cc1C(F)F. The maximum Gasteiger partial charge on any atom is 0.264 e. The lowest BCUT2D eigenvalue weighted by Gasteiger charge is -2.08. The van der Waals surface area contributed by atoms with Gasteiger partial charge in [0.05, 0.1) is 0 Å². The van der Waals surface area contributed by atoms with E-state index in [4.69, 9.17) is 0 Å². The van der Waals surface area contributed by atoms with Gasteiger partial charge in [-0.05, 0) is 30.5 Å². The highest BCUT2D eigenvalue weighted by molar-refractivity contribution is 5.78. The van der Waals surface area contributed by atoms with Crippen LogP contribution in [0.4, 0.5) is 8.78 Å². The molecule has 1 aromatic rings. The first-order valence-electron chi connectivity index (χ1n) is 4.94. The third-order valence-corrected chi connectivity index (χ3v) is 2.28. The maximum atomic E-state index is 12.6. The molecule has 0 aliphatic heterocycles. The van der Waals surface area contributed by atoms with Crippen LogP contribution in [0.15, 0.2) is 18.2 Å². The van der Waals surface area contributed by atoms with Gasteiger partial charge in [-0.25, -0.2) is 8.78 Å². The number of aryl methyl sites for hydroxylation is 1. The summed E-state index contributed by atoms with van der Waals surface area (Å²) in [7, 11) is 0. The van der Waals surface area contributed by atoms with Gasteiger partial charge in [-0.1, -0.05) is 19.1 Å². The molecule has 0 aromatic heterocycles. The van der Waals surface area contributed by atoms with E-state index in [0.717, 1.165) is 0 Å². The van der Waals surface area contributed by atoms with Crippen LogP contribution in [0.2, 0.25) is 0 Å². The smallest absolute Gasteiger partial charge is 0.264 e. The Labute approximate surface area is 88.1 Å². The van der Waals surface area contributed by atoms with Gasteiger partial charge in [0.15, 0.2) is 0 Å². The van der Waals surface area contributed by atoms with Crippen LogP contribution in [0.5, 0.6) is 0 Å². The zero-order valence-corrected chi connectivity index (χ0v) is 8.89. The number of hydrogen-bond donors (Lipinski definition) is 0. The monoisotopic (exact) mass is 212 g/mol. The van der Waals surface area contributed by atoms with Crippen LogP contribution >= 0.6 is 0 Å². The van der Waals surface area contributed by atoms with Gasteiger partial charge < -0.3 is 0 Å². The number of carbonyl (C=O) groups excluding carboxylic acids is 1. The molecule has 0 saturated heterocycles. The fraction of sp³-hybridized carbons (Fsp3) is 0.417. The molecular weight excluding hydrogens is 198 g/mol. The van der Waals surface area contributed by atoms with Crippen LogP contribution < -0.4 is 0 Å². The third-order valence-electron chi connectivity index (χ3n) is 2.28. The average Bonchev–Trinajstić information content (AvgIpc) is 2.16. The molecule has 82 valence electrons. The Bertz CT molecular complexity index is 359. The molecule has 0 aliphatic carbocycles. The number of rotatable bonds is 4. The van der Waals surface area contributed by atoms with Crippen molar-refractivity contribution in [2.75, 3.05) is 0 Å². The molecule has 0 aliphatic rings. The van der Waals surface area contributed by atoms with Gasteiger partial charge in [0.1, 0.15) is 5.78 Å². The van der Waals surface area contributed by atoms with Gasteiger partial charge in [-0.2, -0.15) is 0 Å². The summed E-state index contributed by atoms with van der Waals surface area (Å²) >= 11 is 0. The first-order chi connectivity index (χ1) is 7.04. The number of hydrogen-bond acceptors (Lipinski definition) is 1. The molecular formula is C12H14F2O. The first kappa shape index (κ1) is 11.8. The fourth-order valence-corrected chi connectivity index (χ4v) is 1.57. The second-order valence-corrected chi connectivity index (χ2v) is 3.57. The minimum absolute atomic E-state index is 0.0144. The predicted octanol–water partition coefficient (Wildman–Crippen LogP) is 3.32. The van der Waals surface area contributed by atoms with Crippen molar-refractivity contribution < 1.29 is 13.6 Å². The minimum atomic E-state index is -2.47. The van der Waals surface area contributed by atoms with Crippen molar-refractivity contribution in [3.63, 3.8) is 0 Å². The highest BCUT2D eigenvalue weighted by atomic mass is 19.3.